The average Bonchev–Trinajstić information content (AvgIpc) is 2.60. The van der Waals surface area contributed by atoms with E-state index in [2.05, 4.69) is 10.3 Å². The predicted molar refractivity (Wildman–Crippen MR) is 92.1 cm³/mol. The second-order valence-electron chi connectivity index (χ2n) is 5.37. The van der Waals surface area contributed by atoms with Crippen LogP contribution in [0, 0.1) is 0 Å². The maximum atomic E-state index is 11.1. The summed E-state index contributed by atoms with van der Waals surface area (Å²) >= 11 is 0. The minimum absolute atomic E-state index is 0.228. The number of anilines is 1. The molecule has 120 valence electrons. The predicted octanol–water partition coefficient (Wildman–Crippen LogP) is 3.76. The number of rotatable bonds is 5. The summed E-state index contributed by atoms with van der Waals surface area (Å²) in [5.41, 5.74) is 3.64. The van der Waals surface area contributed by atoms with E-state index in [0.717, 1.165) is 22.4 Å². The Labute approximate surface area is 139 Å². The molecule has 5 heteroatoms. The molecule has 0 spiro atoms. The Bertz CT molecular complexity index is 878. The number of carbonyl (C=O) groups is 1. The van der Waals surface area contributed by atoms with Gasteiger partial charge in [0.25, 0.3) is 0 Å². The molecule has 3 N–H and O–H groups in total. The Morgan fingerprint density at radius 2 is 1.83 bits per heavy atom. The van der Waals surface area contributed by atoms with Gasteiger partial charge in [-0.15, -0.1) is 0 Å². The Balaban J connectivity index is 1.79. The molecule has 0 amide bonds. The molecule has 1 aromatic heterocycles. The average molecular weight is 320 g/mol. The first-order valence-electron chi connectivity index (χ1n) is 7.42. The van der Waals surface area contributed by atoms with Crippen LogP contribution in [0.2, 0.25) is 0 Å². The first-order valence-corrected chi connectivity index (χ1v) is 7.42. The fraction of sp³-hybridized carbons (Fsp3) is 0.0526. The number of hydrogen-bond acceptors (Lipinski definition) is 4. The van der Waals surface area contributed by atoms with Gasteiger partial charge in [0.15, 0.2) is 0 Å². The van der Waals surface area contributed by atoms with Crippen LogP contribution in [0.3, 0.4) is 0 Å². The van der Waals surface area contributed by atoms with E-state index in [1.54, 1.807) is 48.8 Å². The Morgan fingerprint density at radius 1 is 1.00 bits per heavy atom. The molecule has 0 bridgehead atoms. The van der Waals surface area contributed by atoms with Crippen molar-refractivity contribution in [3.05, 3.63) is 78.1 Å². The Morgan fingerprint density at radius 3 is 2.62 bits per heavy atom. The molecule has 5 nitrogen and oxygen atoms in total. The highest BCUT2D eigenvalue weighted by Crippen LogP contribution is 2.23. The third-order valence-electron chi connectivity index (χ3n) is 3.59. The van der Waals surface area contributed by atoms with Crippen LogP contribution in [0.5, 0.6) is 5.75 Å². The standard InChI is InChI=1S/C19H16N2O3/c22-18-6-1-3-13(7-18)10-21-17-9-16(11-20-12-17)14-4-2-5-15(8-14)19(23)24/h1-9,11-12,21-22H,10H2,(H,23,24). The second-order valence-corrected chi connectivity index (χ2v) is 5.37. The molecule has 0 unspecified atom stereocenters. The van der Waals surface area contributed by atoms with E-state index in [9.17, 15) is 9.90 Å². The zero-order chi connectivity index (χ0) is 16.9. The van der Waals surface area contributed by atoms with E-state index in [4.69, 9.17) is 5.11 Å². The molecular formula is C19H16N2O3. The summed E-state index contributed by atoms with van der Waals surface area (Å²) in [4.78, 5) is 15.3. The Hall–Kier alpha value is -3.34. The van der Waals surface area contributed by atoms with Crippen molar-refractivity contribution in [3.8, 4) is 16.9 Å². The van der Waals surface area contributed by atoms with E-state index in [-0.39, 0.29) is 11.3 Å². The lowest BCUT2D eigenvalue weighted by atomic mass is 10.0. The van der Waals surface area contributed by atoms with Gasteiger partial charge in [-0.1, -0.05) is 24.3 Å². The summed E-state index contributed by atoms with van der Waals surface area (Å²) in [6.45, 7) is 0.550. The smallest absolute Gasteiger partial charge is 0.335 e. The van der Waals surface area contributed by atoms with E-state index in [1.807, 2.05) is 18.2 Å². The van der Waals surface area contributed by atoms with Gasteiger partial charge in [-0.2, -0.15) is 0 Å². The van der Waals surface area contributed by atoms with E-state index in [0.29, 0.717) is 6.54 Å². The normalized spacial score (nSPS) is 10.3. The highest BCUT2D eigenvalue weighted by molar-refractivity contribution is 5.89. The fourth-order valence-electron chi connectivity index (χ4n) is 2.40. The molecule has 0 saturated heterocycles. The summed E-state index contributed by atoms with van der Waals surface area (Å²) < 4.78 is 0. The highest BCUT2D eigenvalue weighted by Gasteiger charge is 2.06. The van der Waals surface area contributed by atoms with E-state index >= 15 is 0 Å². The van der Waals surface area contributed by atoms with Crippen LogP contribution in [0.1, 0.15) is 15.9 Å². The molecule has 0 atom stereocenters. The van der Waals surface area contributed by atoms with Crippen molar-refractivity contribution in [2.45, 2.75) is 6.54 Å². The SMILES string of the molecule is O=C(O)c1cccc(-c2cncc(NCc3cccc(O)c3)c2)c1. The van der Waals surface area contributed by atoms with Gasteiger partial charge in [0, 0.05) is 24.5 Å². The molecule has 2 aromatic carbocycles. The molecule has 0 saturated carbocycles. The van der Waals surface area contributed by atoms with Crippen molar-refractivity contribution in [2.24, 2.45) is 0 Å². The van der Waals surface area contributed by atoms with Crippen molar-refractivity contribution in [1.82, 2.24) is 4.98 Å². The van der Waals surface area contributed by atoms with Crippen LogP contribution in [-0.4, -0.2) is 21.2 Å². The lowest BCUT2D eigenvalue weighted by Crippen LogP contribution is -2.00. The summed E-state index contributed by atoms with van der Waals surface area (Å²) in [6, 6.07) is 15.7. The summed E-state index contributed by atoms with van der Waals surface area (Å²) in [5.74, 6) is -0.727. The zero-order valence-electron chi connectivity index (χ0n) is 12.8. The number of phenols is 1. The van der Waals surface area contributed by atoms with Crippen LogP contribution in [0.4, 0.5) is 5.69 Å². The lowest BCUT2D eigenvalue weighted by molar-refractivity contribution is 0.0697. The molecule has 3 rings (SSSR count). The van der Waals surface area contributed by atoms with Gasteiger partial charge in [0.05, 0.1) is 11.3 Å². The van der Waals surface area contributed by atoms with Gasteiger partial charge < -0.3 is 15.5 Å². The third-order valence-corrected chi connectivity index (χ3v) is 3.59. The van der Waals surface area contributed by atoms with Crippen molar-refractivity contribution >= 4 is 11.7 Å². The number of pyridine rings is 1. The molecule has 0 aliphatic carbocycles. The third kappa shape index (κ3) is 3.70. The van der Waals surface area contributed by atoms with Crippen molar-refractivity contribution in [1.29, 1.82) is 0 Å². The van der Waals surface area contributed by atoms with Crippen LogP contribution in [0.25, 0.3) is 11.1 Å². The van der Waals surface area contributed by atoms with Crippen molar-refractivity contribution < 1.29 is 15.0 Å². The number of carboxylic acids is 1. The van der Waals surface area contributed by atoms with E-state index in [1.165, 1.54) is 0 Å². The number of aromatic hydroxyl groups is 1. The molecule has 0 fully saturated rings. The lowest BCUT2D eigenvalue weighted by Gasteiger charge is -2.09. The molecular weight excluding hydrogens is 304 g/mol. The van der Waals surface area contributed by atoms with Crippen LogP contribution in [0.15, 0.2) is 67.0 Å². The number of carboxylic acid groups (broad SMARTS) is 1. The van der Waals surface area contributed by atoms with E-state index < -0.39 is 5.97 Å². The van der Waals surface area contributed by atoms with Gasteiger partial charge in [-0.05, 0) is 41.5 Å². The molecule has 24 heavy (non-hydrogen) atoms. The number of hydrogen-bond donors (Lipinski definition) is 3. The second kappa shape index (κ2) is 6.83. The molecule has 0 aliphatic rings. The minimum atomic E-state index is -0.956. The van der Waals surface area contributed by atoms with Crippen molar-refractivity contribution in [3.63, 3.8) is 0 Å². The van der Waals surface area contributed by atoms with Gasteiger partial charge >= 0.3 is 5.97 Å². The first-order chi connectivity index (χ1) is 11.6. The zero-order valence-corrected chi connectivity index (χ0v) is 12.8. The molecule has 0 aliphatic heterocycles. The summed E-state index contributed by atoms with van der Waals surface area (Å²) in [5, 5.41) is 21.8. The number of phenolic OH excluding ortho intramolecular Hbond substituents is 1. The number of nitrogens with zero attached hydrogens (tertiary/aromatic N) is 1. The number of nitrogens with one attached hydrogen (secondary N) is 1. The topological polar surface area (TPSA) is 82.5 Å². The largest absolute Gasteiger partial charge is 0.508 e. The first kappa shape index (κ1) is 15.6. The number of aromatic nitrogens is 1. The van der Waals surface area contributed by atoms with Gasteiger partial charge in [0.1, 0.15) is 5.75 Å². The number of benzene rings is 2. The molecule has 0 radical (unpaired) electrons. The monoisotopic (exact) mass is 320 g/mol. The maximum absolute atomic E-state index is 11.1. The van der Waals surface area contributed by atoms with Gasteiger partial charge in [0.2, 0.25) is 0 Å². The van der Waals surface area contributed by atoms with Crippen LogP contribution >= 0.6 is 0 Å². The maximum Gasteiger partial charge on any atom is 0.335 e. The quantitative estimate of drug-likeness (QED) is 0.666. The molecule has 1 heterocycles. The fourth-order valence-corrected chi connectivity index (χ4v) is 2.40. The van der Waals surface area contributed by atoms with Gasteiger partial charge in [-0.25, -0.2) is 4.79 Å². The highest BCUT2D eigenvalue weighted by atomic mass is 16.4. The summed E-state index contributed by atoms with van der Waals surface area (Å²) in [7, 11) is 0. The van der Waals surface area contributed by atoms with Crippen LogP contribution in [-0.2, 0) is 6.54 Å². The van der Waals surface area contributed by atoms with Crippen LogP contribution < -0.4 is 5.32 Å². The number of aromatic carboxylic acids is 1. The van der Waals surface area contributed by atoms with Gasteiger partial charge in [-0.3, -0.25) is 4.98 Å². The Kier molecular flexibility index (Phi) is 4.43. The van der Waals surface area contributed by atoms with Crippen molar-refractivity contribution in [2.75, 3.05) is 5.32 Å². The summed E-state index contributed by atoms with van der Waals surface area (Å²) in [6.07, 6.45) is 3.40. The molecule has 3 aromatic rings. The minimum Gasteiger partial charge on any atom is -0.508 e.